The summed E-state index contributed by atoms with van der Waals surface area (Å²) in [6.45, 7) is 0. The maximum atomic E-state index is 12.5. The van der Waals surface area contributed by atoms with E-state index in [4.69, 9.17) is 0 Å². The summed E-state index contributed by atoms with van der Waals surface area (Å²) in [5.74, 6) is -4.27. The van der Waals surface area contributed by atoms with Gasteiger partial charge in [-0.2, -0.15) is 0 Å². The van der Waals surface area contributed by atoms with Gasteiger partial charge in [-0.3, -0.25) is 9.59 Å². The van der Waals surface area contributed by atoms with Crippen LogP contribution in [0.5, 0.6) is 0 Å². The van der Waals surface area contributed by atoms with Crippen molar-refractivity contribution in [1.29, 1.82) is 0 Å². The van der Waals surface area contributed by atoms with E-state index in [1.54, 1.807) is 0 Å². The Balaban J connectivity index is 2.69. The molecule has 0 amide bonds. The Morgan fingerprint density at radius 3 is 2.19 bits per heavy atom. The molecule has 6 heteroatoms. The molecule has 0 fully saturated rings. The summed E-state index contributed by atoms with van der Waals surface area (Å²) in [6.07, 6.45) is -0.811. The standard InChI is InChI=1S/C10H6F2O4/c11-7-3-1-6(2-4-7)8(13)5-9(14)10(15)16-12/h1-4H,5H2. The van der Waals surface area contributed by atoms with Gasteiger partial charge in [-0.25, -0.2) is 14.1 Å². The fourth-order valence-corrected chi connectivity index (χ4v) is 0.999. The van der Waals surface area contributed by atoms with Crippen LogP contribution in [-0.4, -0.2) is 17.5 Å². The van der Waals surface area contributed by atoms with E-state index in [0.29, 0.717) is 0 Å². The second-order valence-electron chi connectivity index (χ2n) is 2.89. The van der Waals surface area contributed by atoms with Crippen LogP contribution in [0.3, 0.4) is 0 Å². The normalized spacial score (nSPS) is 9.62. The fraction of sp³-hybridized carbons (Fsp3) is 0.100. The minimum absolute atomic E-state index is 0.0569. The number of hydrogen-bond acceptors (Lipinski definition) is 4. The van der Waals surface area contributed by atoms with Gasteiger partial charge in [-0.1, -0.05) is 0 Å². The number of halogens is 2. The third-order valence-electron chi connectivity index (χ3n) is 1.79. The zero-order valence-corrected chi connectivity index (χ0v) is 7.91. The maximum Gasteiger partial charge on any atom is 0.415 e. The van der Waals surface area contributed by atoms with Crippen LogP contribution in [0, 0.1) is 5.82 Å². The van der Waals surface area contributed by atoms with Crippen LogP contribution in [0.25, 0.3) is 0 Å². The molecule has 1 rings (SSSR count). The summed E-state index contributed by atoms with van der Waals surface area (Å²) in [5.41, 5.74) is 0.0569. The molecule has 0 unspecified atom stereocenters. The SMILES string of the molecule is O=C(CC(=O)c1ccc(F)cc1)C(=O)OF. The van der Waals surface area contributed by atoms with Crippen molar-refractivity contribution >= 4 is 17.5 Å². The van der Waals surface area contributed by atoms with Gasteiger partial charge < -0.3 is 0 Å². The summed E-state index contributed by atoms with van der Waals surface area (Å²) in [4.78, 5) is 35.2. The Kier molecular flexibility index (Phi) is 3.82. The lowest BCUT2D eigenvalue weighted by Gasteiger charge is -1.98. The molecule has 0 saturated carbocycles. The van der Waals surface area contributed by atoms with E-state index in [1.807, 2.05) is 0 Å². The Bertz CT molecular complexity index is 425. The maximum absolute atomic E-state index is 12.5. The number of carbonyl (C=O) groups is 3. The third-order valence-corrected chi connectivity index (χ3v) is 1.79. The first-order valence-corrected chi connectivity index (χ1v) is 4.19. The largest absolute Gasteiger partial charge is 0.415 e. The second-order valence-corrected chi connectivity index (χ2v) is 2.89. The molecule has 0 N–H and O–H groups in total. The second kappa shape index (κ2) is 5.11. The summed E-state index contributed by atoms with van der Waals surface area (Å²) in [6, 6.07) is 4.38. The van der Waals surface area contributed by atoms with E-state index in [9.17, 15) is 23.3 Å². The number of carbonyl (C=O) groups excluding carboxylic acids is 3. The van der Waals surface area contributed by atoms with Crippen LogP contribution < -0.4 is 0 Å². The van der Waals surface area contributed by atoms with Gasteiger partial charge in [0.05, 0.1) is 6.42 Å². The summed E-state index contributed by atoms with van der Waals surface area (Å²) in [5, 5.41) is 0. The topological polar surface area (TPSA) is 60.4 Å². The van der Waals surface area contributed by atoms with Gasteiger partial charge in [0.1, 0.15) is 5.82 Å². The molecule has 0 aliphatic heterocycles. The monoisotopic (exact) mass is 228 g/mol. The van der Waals surface area contributed by atoms with Crippen LogP contribution in [-0.2, 0) is 14.5 Å². The molecule has 0 radical (unpaired) electrons. The lowest BCUT2D eigenvalue weighted by Crippen LogP contribution is -2.18. The fourth-order valence-electron chi connectivity index (χ4n) is 0.999. The number of ketones is 2. The van der Waals surface area contributed by atoms with E-state index in [2.05, 4.69) is 4.94 Å². The van der Waals surface area contributed by atoms with Gasteiger partial charge in [0, 0.05) is 10.1 Å². The first-order valence-electron chi connectivity index (χ1n) is 4.19. The molecule has 0 bridgehead atoms. The molecule has 0 aliphatic rings. The smallest absolute Gasteiger partial charge is 0.294 e. The average molecular weight is 228 g/mol. The first-order chi connectivity index (χ1) is 7.54. The Morgan fingerprint density at radius 1 is 1.12 bits per heavy atom. The Morgan fingerprint density at radius 2 is 1.69 bits per heavy atom. The molecule has 1 aromatic rings. The van der Waals surface area contributed by atoms with Crippen molar-refractivity contribution < 1.29 is 28.2 Å². The van der Waals surface area contributed by atoms with Gasteiger partial charge in [-0.15, -0.1) is 0 Å². The van der Waals surface area contributed by atoms with Gasteiger partial charge in [0.15, 0.2) is 5.78 Å². The molecular formula is C10H6F2O4. The van der Waals surface area contributed by atoms with Crippen LogP contribution in [0.2, 0.25) is 0 Å². The molecule has 0 aromatic heterocycles. The van der Waals surface area contributed by atoms with Crippen molar-refractivity contribution in [2.45, 2.75) is 6.42 Å². The Hall–Kier alpha value is -2.11. The molecule has 4 nitrogen and oxygen atoms in total. The van der Waals surface area contributed by atoms with Crippen molar-refractivity contribution in [2.75, 3.05) is 0 Å². The highest BCUT2D eigenvalue weighted by Crippen LogP contribution is 2.06. The van der Waals surface area contributed by atoms with Crippen molar-refractivity contribution in [2.24, 2.45) is 0 Å². The Labute approximate surface area is 88.7 Å². The van der Waals surface area contributed by atoms with Gasteiger partial charge >= 0.3 is 5.97 Å². The first kappa shape index (κ1) is 12.0. The van der Waals surface area contributed by atoms with Crippen molar-refractivity contribution in [3.8, 4) is 0 Å². The van der Waals surface area contributed by atoms with Gasteiger partial charge in [0.25, 0.3) is 5.78 Å². The van der Waals surface area contributed by atoms with E-state index in [-0.39, 0.29) is 5.56 Å². The zero-order valence-electron chi connectivity index (χ0n) is 7.91. The minimum atomic E-state index is -1.73. The molecule has 0 saturated heterocycles. The molecule has 0 spiro atoms. The van der Waals surface area contributed by atoms with Crippen LogP contribution in [0.4, 0.5) is 8.92 Å². The summed E-state index contributed by atoms with van der Waals surface area (Å²) in [7, 11) is 0. The molecule has 0 aliphatic carbocycles. The van der Waals surface area contributed by atoms with Gasteiger partial charge in [0.2, 0.25) is 0 Å². The van der Waals surface area contributed by atoms with Crippen molar-refractivity contribution in [3.63, 3.8) is 0 Å². The van der Waals surface area contributed by atoms with E-state index in [0.717, 1.165) is 24.3 Å². The van der Waals surface area contributed by atoms with Crippen LogP contribution in [0.15, 0.2) is 24.3 Å². The molecule has 0 atom stereocenters. The van der Waals surface area contributed by atoms with E-state index < -0.39 is 29.8 Å². The quantitative estimate of drug-likeness (QED) is 0.444. The number of benzene rings is 1. The molecular weight excluding hydrogens is 222 g/mol. The summed E-state index contributed by atoms with van der Waals surface area (Å²) >= 11 is 0. The van der Waals surface area contributed by atoms with E-state index in [1.165, 1.54) is 0 Å². The lowest BCUT2D eigenvalue weighted by atomic mass is 10.1. The summed E-state index contributed by atoms with van der Waals surface area (Å²) < 4.78 is 23.8. The average Bonchev–Trinajstić information content (AvgIpc) is 2.28. The highest BCUT2D eigenvalue weighted by atomic mass is 19.3. The molecule has 0 heterocycles. The number of rotatable bonds is 4. The molecule has 16 heavy (non-hydrogen) atoms. The van der Waals surface area contributed by atoms with Crippen LogP contribution in [0.1, 0.15) is 16.8 Å². The minimum Gasteiger partial charge on any atom is -0.294 e. The number of hydrogen-bond donors (Lipinski definition) is 0. The third kappa shape index (κ3) is 2.94. The molecule has 84 valence electrons. The highest BCUT2D eigenvalue weighted by Gasteiger charge is 2.20. The van der Waals surface area contributed by atoms with Gasteiger partial charge in [-0.05, 0) is 24.3 Å². The van der Waals surface area contributed by atoms with Crippen molar-refractivity contribution in [3.05, 3.63) is 35.6 Å². The van der Waals surface area contributed by atoms with E-state index >= 15 is 0 Å². The van der Waals surface area contributed by atoms with Crippen LogP contribution >= 0.6 is 0 Å². The number of Topliss-reactive ketones (excluding diaryl/α,β-unsaturated/α-hetero) is 2. The van der Waals surface area contributed by atoms with Crippen molar-refractivity contribution in [1.82, 2.24) is 0 Å². The molecule has 1 aromatic carbocycles. The highest BCUT2D eigenvalue weighted by molar-refractivity contribution is 6.37. The predicted octanol–water partition coefficient (Wildman–Crippen LogP) is 1.40. The zero-order chi connectivity index (χ0) is 12.1. The predicted molar refractivity (Wildman–Crippen MR) is 47.6 cm³/mol. The lowest BCUT2D eigenvalue weighted by molar-refractivity contribution is -0.185.